The van der Waals surface area contributed by atoms with E-state index in [9.17, 15) is 4.79 Å². The van der Waals surface area contributed by atoms with Gasteiger partial charge in [-0.3, -0.25) is 0 Å². The van der Waals surface area contributed by atoms with Gasteiger partial charge in [-0.15, -0.1) is 0 Å². The maximum absolute atomic E-state index is 11.8. The fourth-order valence-electron chi connectivity index (χ4n) is 1.61. The van der Waals surface area contributed by atoms with Crippen LogP contribution in [0.1, 0.15) is 31.9 Å². The quantitative estimate of drug-likeness (QED) is 0.839. The fourth-order valence-corrected chi connectivity index (χ4v) is 1.61. The first-order chi connectivity index (χ1) is 8.81. The van der Waals surface area contributed by atoms with Crippen molar-refractivity contribution in [3.05, 3.63) is 35.4 Å². The van der Waals surface area contributed by atoms with E-state index in [0.717, 1.165) is 11.1 Å². The van der Waals surface area contributed by atoms with Crippen molar-refractivity contribution in [1.29, 1.82) is 5.26 Å². The lowest BCUT2D eigenvalue weighted by atomic mass is 10.1. The number of carbonyl (C=O) groups excluding carboxylic acids is 1. The van der Waals surface area contributed by atoms with Crippen LogP contribution in [-0.4, -0.2) is 23.6 Å². The monoisotopic (exact) mass is 260 g/mol. The SMILES string of the molecule is CN(Cc1cccc(CC#N)c1)C(=O)OC(C)(C)C. The van der Waals surface area contributed by atoms with Gasteiger partial charge in [0.15, 0.2) is 0 Å². The normalized spacial score (nSPS) is 10.7. The van der Waals surface area contributed by atoms with Crippen molar-refractivity contribution in [2.75, 3.05) is 7.05 Å². The number of nitriles is 1. The highest BCUT2D eigenvalue weighted by Gasteiger charge is 2.19. The minimum Gasteiger partial charge on any atom is -0.444 e. The number of amides is 1. The fraction of sp³-hybridized carbons (Fsp3) is 0.467. The van der Waals surface area contributed by atoms with E-state index in [4.69, 9.17) is 10.00 Å². The zero-order valence-corrected chi connectivity index (χ0v) is 11.9. The van der Waals surface area contributed by atoms with Crippen molar-refractivity contribution in [3.8, 4) is 6.07 Å². The average Bonchev–Trinajstić information content (AvgIpc) is 2.27. The first-order valence-electron chi connectivity index (χ1n) is 6.21. The molecule has 0 bridgehead atoms. The molecule has 4 heteroatoms. The third kappa shape index (κ3) is 5.43. The molecule has 0 saturated carbocycles. The van der Waals surface area contributed by atoms with Gasteiger partial charge in [0.2, 0.25) is 0 Å². The summed E-state index contributed by atoms with van der Waals surface area (Å²) in [7, 11) is 1.70. The highest BCUT2D eigenvalue weighted by atomic mass is 16.6. The van der Waals surface area contributed by atoms with E-state index in [1.165, 1.54) is 4.90 Å². The minimum atomic E-state index is -0.492. The summed E-state index contributed by atoms with van der Waals surface area (Å²) in [6.07, 6.45) is 0.0301. The molecule has 102 valence electrons. The summed E-state index contributed by atoms with van der Waals surface area (Å²) in [5, 5.41) is 8.67. The molecule has 0 saturated heterocycles. The Bertz CT molecular complexity index is 484. The molecule has 0 heterocycles. The van der Waals surface area contributed by atoms with Gasteiger partial charge in [-0.25, -0.2) is 4.79 Å². The van der Waals surface area contributed by atoms with Crippen LogP contribution in [0.15, 0.2) is 24.3 Å². The van der Waals surface area contributed by atoms with E-state index in [1.807, 2.05) is 45.0 Å². The number of hydrogen-bond acceptors (Lipinski definition) is 3. The molecule has 0 aliphatic carbocycles. The van der Waals surface area contributed by atoms with Crippen molar-refractivity contribution >= 4 is 6.09 Å². The third-order valence-electron chi connectivity index (χ3n) is 2.40. The summed E-state index contributed by atoms with van der Waals surface area (Å²) in [5.74, 6) is 0. The Hall–Kier alpha value is -2.02. The summed E-state index contributed by atoms with van der Waals surface area (Å²) in [4.78, 5) is 13.3. The van der Waals surface area contributed by atoms with Gasteiger partial charge >= 0.3 is 6.09 Å². The number of nitrogens with zero attached hydrogens (tertiary/aromatic N) is 2. The summed E-state index contributed by atoms with van der Waals surface area (Å²) in [6, 6.07) is 9.78. The van der Waals surface area contributed by atoms with E-state index in [1.54, 1.807) is 7.05 Å². The molecular formula is C15H20N2O2. The number of ether oxygens (including phenoxy) is 1. The summed E-state index contributed by atoms with van der Waals surface area (Å²) >= 11 is 0. The van der Waals surface area contributed by atoms with Crippen molar-refractivity contribution in [2.45, 2.75) is 39.3 Å². The van der Waals surface area contributed by atoms with Gasteiger partial charge in [0.05, 0.1) is 12.5 Å². The van der Waals surface area contributed by atoms with E-state index in [-0.39, 0.29) is 6.09 Å². The lowest BCUT2D eigenvalue weighted by Gasteiger charge is -2.24. The van der Waals surface area contributed by atoms with Gasteiger partial charge in [0.25, 0.3) is 0 Å². The molecule has 1 amide bonds. The highest BCUT2D eigenvalue weighted by molar-refractivity contribution is 5.67. The van der Waals surface area contributed by atoms with Gasteiger partial charge in [-0.05, 0) is 31.9 Å². The first kappa shape index (κ1) is 15.0. The van der Waals surface area contributed by atoms with E-state index in [0.29, 0.717) is 13.0 Å². The summed E-state index contributed by atoms with van der Waals surface area (Å²) in [6.45, 7) is 5.99. The minimum absolute atomic E-state index is 0.349. The van der Waals surface area contributed by atoms with Crippen LogP contribution in [0.4, 0.5) is 4.79 Å². The predicted molar refractivity (Wildman–Crippen MR) is 73.5 cm³/mol. The second-order valence-electron chi connectivity index (χ2n) is 5.49. The summed E-state index contributed by atoms with van der Waals surface area (Å²) in [5.41, 5.74) is 1.45. The van der Waals surface area contributed by atoms with Crippen molar-refractivity contribution in [1.82, 2.24) is 4.90 Å². The zero-order chi connectivity index (χ0) is 14.5. The van der Waals surface area contributed by atoms with Crippen LogP contribution in [0.2, 0.25) is 0 Å². The largest absolute Gasteiger partial charge is 0.444 e. The lowest BCUT2D eigenvalue weighted by molar-refractivity contribution is 0.0285. The molecule has 0 aliphatic rings. The predicted octanol–water partition coefficient (Wildman–Crippen LogP) is 3.12. The smallest absolute Gasteiger partial charge is 0.410 e. The molecule has 0 aromatic heterocycles. The maximum atomic E-state index is 11.8. The Labute approximate surface area is 114 Å². The standard InChI is InChI=1S/C15H20N2O2/c1-15(2,3)19-14(18)17(4)11-13-7-5-6-12(10-13)8-9-16/h5-7,10H,8,11H2,1-4H3. The molecule has 1 aromatic carbocycles. The van der Waals surface area contributed by atoms with E-state index in [2.05, 4.69) is 6.07 Å². The Morgan fingerprint density at radius 2 is 2.00 bits per heavy atom. The van der Waals surface area contributed by atoms with Crippen LogP contribution >= 0.6 is 0 Å². The van der Waals surface area contributed by atoms with Crippen LogP contribution in [0.5, 0.6) is 0 Å². The second-order valence-corrected chi connectivity index (χ2v) is 5.49. The molecule has 1 rings (SSSR count). The summed E-state index contributed by atoms with van der Waals surface area (Å²) < 4.78 is 5.28. The Balaban J connectivity index is 2.66. The van der Waals surface area contributed by atoms with Crippen molar-refractivity contribution < 1.29 is 9.53 Å². The molecule has 0 aliphatic heterocycles. The molecule has 0 N–H and O–H groups in total. The Kier molecular flexibility index (Phi) is 4.94. The number of carbonyl (C=O) groups is 1. The molecule has 0 spiro atoms. The van der Waals surface area contributed by atoms with Gasteiger partial charge in [-0.1, -0.05) is 24.3 Å². The van der Waals surface area contributed by atoms with Crippen LogP contribution in [0, 0.1) is 11.3 Å². The molecule has 0 fully saturated rings. The number of benzene rings is 1. The van der Waals surface area contributed by atoms with Crippen molar-refractivity contribution in [2.24, 2.45) is 0 Å². The first-order valence-corrected chi connectivity index (χ1v) is 6.21. The molecule has 1 aromatic rings. The topological polar surface area (TPSA) is 53.3 Å². The zero-order valence-electron chi connectivity index (χ0n) is 11.9. The molecule has 0 unspecified atom stereocenters. The third-order valence-corrected chi connectivity index (χ3v) is 2.40. The van der Waals surface area contributed by atoms with Crippen LogP contribution in [0.3, 0.4) is 0 Å². The van der Waals surface area contributed by atoms with Gasteiger partial charge in [0, 0.05) is 13.6 Å². The Morgan fingerprint density at radius 1 is 1.37 bits per heavy atom. The maximum Gasteiger partial charge on any atom is 0.410 e. The molecule has 4 nitrogen and oxygen atoms in total. The molecule has 0 radical (unpaired) electrons. The Morgan fingerprint density at radius 3 is 2.58 bits per heavy atom. The second kappa shape index (κ2) is 6.24. The van der Waals surface area contributed by atoms with Crippen LogP contribution in [-0.2, 0) is 17.7 Å². The van der Waals surface area contributed by atoms with Crippen molar-refractivity contribution in [3.63, 3.8) is 0 Å². The number of hydrogen-bond donors (Lipinski definition) is 0. The lowest BCUT2D eigenvalue weighted by Crippen LogP contribution is -2.33. The molecule has 19 heavy (non-hydrogen) atoms. The average molecular weight is 260 g/mol. The van der Waals surface area contributed by atoms with Gasteiger partial charge in [-0.2, -0.15) is 5.26 Å². The van der Waals surface area contributed by atoms with Crippen LogP contribution in [0.25, 0.3) is 0 Å². The van der Waals surface area contributed by atoms with Gasteiger partial charge < -0.3 is 9.64 Å². The van der Waals surface area contributed by atoms with E-state index < -0.39 is 5.60 Å². The highest BCUT2D eigenvalue weighted by Crippen LogP contribution is 2.12. The van der Waals surface area contributed by atoms with Gasteiger partial charge in [0.1, 0.15) is 5.60 Å². The molecular weight excluding hydrogens is 240 g/mol. The number of rotatable bonds is 3. The molecule has 0 atom stereocenters. The van der Waals surface area contributed by atoms with E-state index >= 15 is 0 Å². The van der Waals surface area contributed by atoms with Crippen LogP contribution < -0.4 is 0 Å².